The maximum atomic E-state index is 11.5. The molecule has 6 heteroatoms. The van der Waals surface area contributed by atoms with Crippen LogP contribution in [-0.4, -0.2) is 17.7 Å². The van der Waals surface area contributed by atoms with Crippen LogP contribution >= 0.6 is 11.3 Å². The molecule has 0 bridgehead atoms. The van der Waals surface area contributed by atoms with Crippen LogP contribution in [0.25, 0.3) is 0 Å². The van der Waals surface area contributed by atoms with E-state index in [0.717, 1.165) is 5.00 Å². The third-order valence-corrected chi connectivity index (χ3v) is 3.12. The molecule has 2 rings (SSSR count). The van der Waals surface area contributed by atoms with Crippen molar-refractivity contribution in [3.05, 3.63) is 41.7 Å². The molecule has 0 aromatic carbocycles. The molecule has 0 spiro atoms. The summed E-state index contributed by atoms with van der Waals surface area (Å²) < 4.78 is 5.06. The minimum atomic E-state index is -0.693. The molecule has 3 N–H and O–H groups in total. The van der Waals surface area contributed by atoms with Crippen molar-refractivity contribution in [3.8, 4) is 0 Å². The Morgan fingerprint density at radius 2 is 2.33 bits per heavy atom. The maximum absolute atomic E-state index is 11.5. The predicted octanol–water partition coefficient (Wildman–Crippen LogP) is 2.59. The molecule has 0 aliphatic carbocycles. The minimum absolute atomic E-state index is 0.274. The maximum Gasteiger partial charge on any atom is 0.319 e. The number of carbonyl (C=O) groups excluding carboxylic acids is 1. The fourth-order valence-electron chi connectivity index (χ4n) is 1.45. The smallest absolute Gasteiger partial charge is 0.319 e. The molecule has 0 aliphatic heterocycles. The van der Waals surface area contributed by atoms with Gasteiger partial charge in [-0.25, -0.2) is 4.79 Å². The lowest BCUT2D eigenvalue weighted by Gasteiger charge is -2.09. The van der Waals surface area contributed by atoms with Gasteiger partial charge in [-0.1, -0.05) is 0 Å². The van der Waals surface area contributed by atoms with Crippen molar-refractivity contribution in [1.29, 1.82) is 0 Å². The topological polar surface area (TPSA) is 74.5 Å². The summed E-state index contributed by atoms with van der Waals surface area (Å²) in [6.45, 7) is 0.374. The number of hydrogen-bond acceptors (Lipinski definition) is 4. The Hall–Kier alpha value is -1.79. The fraction of sp³-hybridized carbons (Fsp3) is 0.250. The predicted molar refractivity (Wildman–Crippen MR) is 69.6 cm³/mol. The molecule has 0 aliphatic rings. The molecule has 18 heavy (non-hydrogen) atoms. The molecule has 2 heterocycles. The van der Waals surface area contributed by atoms with Gasteiger partial charge in [-0.05, 0) is 36.1 Å². The van der Waals surface area contributed by atoms with E-state index in [0.29, 0.717) is 18.7 Å². The summed E-state index contributed by atoms with van der Waals surface area (Å²) in [7, 11) is 0. The van der Waals surface area contributed by atoms with Gasteiger partial charge in [0.15, 0.2) is 0 Å². The summed E-state index contributed by atoms with van der Waals surface area (Å²) in [5.74, 6) is 0.510. The number of aliphatic hydroxyl groups excluding tert-OH is 1. The van der Waals surface area contributed by atoms with Crippen LogP contribution in [0.5, 0.6) is 0 Å². The van der Waals surface area contributed by atoms with E-state index in [4.69, 9.17) is 4.42 Å². The highest BCUT2D eigenvalue weighted by Crippen LogP contribution is 2.16. The monoisotopic (exact) mass is 266 g/mol. The van der Waals surface area contributed by atoms with Gasteiger partial charge in [-0.3, -0.25) is 5.32 Å². The third kappa shape index (κ3) is 3.61. The van der Waals surface area contributed by atoms with Crippen molar-refractivity contribution in [2.24, 2.45) is 0 Å². The van der Waals surface area contributed by atoms with E-state index in [1.54, 1.807) is 12.1 Å². The van der Waals surface area contributed by atoms with Gasteiger partial charge < -0.3 is 14.8 Å². The number of carbonyl (C=O) groups is 1. The van der Waals surface area contributed by atoms with Gasteiger partial charge in [0.2, 0.25) is 0 Å². The second kappa shape index (κ2) is 6.23. The first-order chi connectivity index (χ1) is 8.75. The van der Waals surface area contributed by atoms with E-state index in [2.05, 4.69) is 10.6 Å². The van der Waals surface area contributed by atoms with Crippen LogP contribution in [0.2, 0.25) is 0 Å². The summed E-state index contributed by atoms with van der Waals surface area (Å²) in [5, 5.41) is 17.8. The molecule has 2 amide bonds. The highest BCUT2D eigenvalue weighted by molar-refractivity contribution is 7.14. The molecule has 2 aromatic heterocycles. The van der Waals surface area contributed by atoms with Gasteiger partial charge in [0, 0.05) is 6.54 Å². The number of aliphatic hydroxyl groups is 1. The van der Waals surface area contributed by atoms with E-state index in [9.17, 15) is 9.90 Å². The first kappa shape index (κ1) is 12.7. The highest BCUT2D eigenvalue weighted by atomic mass is 32.1. The van der Waals surface area contributed by atoms with Crippen LogP contribution in [0.3, 0.4) is 0 Å². The van der Waals surface area contributed by atoms with Crippen LogP contribution in [0.15, 0.2) is 40.3 Å². The Morgan fingerprint density at radius 1 is 1.44 bits per heavy atom. The van der Waals surface area contributed by atoms with Gasteiger partial charge in [-0.2, -0.15) is 0 Å². The lowest BCUT2D eigenvalue weighted by molar-refractivity contribution is 0.140. The number of furan rings is 1. The number of anilines is 1. The van der Waals surface area contributed by atoms with E-state index in [1.165, 1.54) is 17.6 Å². The zero-order chi connectivity index (χ0) is 12.8. The van der Waals surface area contributed by atoms with Gasteiger partial charge >= 0.3 is 6.03 Å². The number of nitrogens with one attached hydrogen (secondary N) is 2. The Kier molecular flexibility index (Phi) is 4.38. The Morgan fingerprint density at radius 3 is 3.00 bits per heavy atom. The van der Waals surface area contributed by atoms with E-state index >= 15 is 0 Å². The summed E-state index contributed by atoms with van der Waals surface area (Å²) in [6, 6.07) is 6.83. The van der Waals surface area contributed by atoms with Gasteiger partial charge in [0.05, 0.1) is 11.3 Å². The van der Waals surface area contributed by atoms with Crippen LogP contribution in [0, 0.1) is 0 Å². The summed E-state index contributed by atoms with van der Waals surface area (Å²) in [5.41, 5.74) is 0. The molecular weight excluding hydrogens is 252 g/mol. The second-order valence-electron chi connectivity index (χ2n) is 3.68. The van der Waals surface area contributed by atoms with Crippen molar-refractivity contribution in [3.63, 3.8) is 0 Å². The Balaban J connectivity index is 1.67. The Labute approximate surface area is 108 Å². The molecule has 96 valence electrons. The number of rotatable bonds is 5. The van der Waals surface area contributed by atoms with Crippen LogP contribution in [0.4, 0.5) is 9.80 Å². The zero-order valence-electron chi connectivity index (χ0n) is 9.63. The van der Waals surface area contributed by atoms with Crippen LogP contribution in [-0.2, 0) is 0 Å². The molecule has 0 saturated carbocycles. The summed E-state index contributed by atoms with van der Waals surface area (Å²) in [4.78, 5) is 11.5. The third-order valence-electron chi connectivity index (χ3n) is 2.33. The first-order valence-electron chi connectivity index (χ1n) is 5.55. The second-order valence-corrected chi connectivity index (χ2v) is 4.63. The largest absolute Gasteiger partial charge is 0.467 e. The van der Waals surface area contributed by atoms with Gasteiger partial charge in [0.25, 0.3) is 0 Å². The minimum Gasteiger partial charge on any atom is -0.467 e. The molecule has 2 aromatic rings. The summed E-state index contributed by atoms with van der Waals surface area (Å²) in [6.07, 6.45) is 1.22. The average molecular weight is 266 g/mol. The molecule has 1 atom stereocenters. The van der Waals surface area contributed by atoms with Crippen molar-refractivity contribution < 1.29 is 14.3 Å². The normalized spacial score (nSPS) is 12.1. The number of thiophene rings is 1. The molecular formula is C12H14N2O3S. The number of amides is 2. The molecule has 1 unspecified atom stereocenters. The molecule has 0 fully saturated rings. The molecule has 0 radical (unpaired) electrons. The van der Waals surface area contributed by atoms with Gasteiger partial charge in [0.1, 0.15) is 11.9 Å². The van der Waals surface area contributed by atoms with E-state index in [-0.39, 0.29) is 6.03 Å². The summed E-state index contributed by atoms with van der Waals surface area (Å²) >= 11 is 1.45. The fourth-order valence-corrected chi connectivity index (χ4v) is 2.06. The molecule has 0 saturated heterocycles. The quantitative estimate of drug-likeness (QED) is 0.778. The van der Waals surface area contributed by atoms with Crippen molar-refractivity contribution in [2.45, 2.75) is 12.5 Å². The Bertz CT molecular complexity index is 467. The van der Waals surface area contributed by atoms with Crippen LogP contribution in [0.1, 0.15) is 18.3 Å². The first-order valence-corrected chi connectivity index (χ1v) is 6.43. The SMILES string of the molecule is O=C(NCCC(O)c1ccco1)Nc1cccs1. The van der Waals surface area contributed by atoms with E-state index < -0.39 is 6.10 Å². The average Bonchev–Trinajstić information content (AvgIpc) is 3.00. The number of hydrogen-bond donors (Lipinski definition) is 3. The van der Waals surface area contributed by atoms with Crippen LogP contribution < -0.4 is 10.6 Å². The van der Waals surface area contributed by atoms with Gasteiger partial charge in [-0.15, -0.1) is 11.3 Å². The standard InChI is InChI=1S/C12H14N2O3S/c15-9(10-3-1-7-17-10)5-6-13-12(16)14-11-4-2-8-18-11/h1-4,7-9,15H,5-6H2,(H2,13,14,16). The van der Waals surface area contributed by atoms with Crippen molar-refractivity contribution in [1.82, 2.24) is 5.32 Å². The highest BCUT2D eigenvalue weighted by Gasteiger charge is 2.10. The van der Waals surface area contributed by atoms with Crippen molar-refractivity contribution in [2.75, 3.05) is 11.9 Å². The van der Waals surface area contributed by atoms with E-state index in [1.807, 2.05) is 17.5 Å². The zero-order valence-corrected chi connectivity index (χ0v) is 10.4. The lowest BCUT2D eigenvalue weighted by atomic mass is 10.2. The van der Waals surface area contributed by atoms with Crippen molar-refractivity contribution >= 4 is 22.4 Å². The lowest BCUT2D eigenvalue weighted by Crippen LogP contribution is -2.29. The number of urea groups is 1. The molecule has 5 nitrogen and oxygen atoms in total.